The largest absolute Gasteiger partial charge is 0.497 e. The topological polar surface area (TPSA) is 55.6 Å². The van der Waals surface area contributed by atoms with Gasteiger partial charge in [0.1, 0.15) is 17.2 Å². The Labute approximate surface area is 133 Å². The van der Waals surface area contributed by atoms with E-state index in [1.807, 2.05) is 35.4 Å². The minimum Gasteiger partial charge on any atom is -0.497 e. The molecule has 1 aromatic carbocycles. The zero-order valence-electron chi connectivity index (χ0n) is 12.7. The number of nitrogens with zero attached hydrogens (tertiary/aromatic N) is 2. The van der Waals surface area contributed by atoms with E-state index in [2.05, 4.69) is 5.16 Å². The third-order valence-electron chi connectivity index (χ3n) is 3.79. The van der Waals surface area contributed by atoms with Crippen molar-refractivity contribution in [2.24, 2.45) is 0 Å². The summed E-state index contributed by atoms with van der Waals surface area (Å²) in [4.78, 5) is 14.0. The molecule has 0 saturated carbocycles. The van der Waals surface area contributed by atoms with Crippen LogP contribution in [0.15, 0.2) is 28.8 Å². The van der Waals surface area contributed by atoms with Crippen molar-refractivity contribution < 1.29 is 14.1 Å². The standard InChI is InChI=1S/C16H18N2O3S/c1-20-12-5-3-4-11(8-12)16-13-9-18(15(19)10-22-2)7-6-14(13)21-17-16/h3-5,8H,6-7,9-10H2,1-2H3. The molecule has 0 aliphatic carbocycles. The monoisotopic (exact) mass is 318 g/mol. The summed E-state index contributed by atoms with van der Waals surface area (Å²) in [6, 6.07) is 7.73. The molecule has 0 spiro atoms. The number of thioether (sulfide) groups is 1. The SMILES string of the molecule is COc1cccc(-c2noc3c2CN(C(=O)CSC)CC3)c1. The minimum absolute atomic E-state index is 0.163. The fourth-order valence-electron chi connectivity index (χ4n) is 2.63. The number of carbonyl (C=O) groups excluding carboxylic acids is 1. The van der Waals surface area contributed by atoms with Crippen molar-refractivity contribution in [2.75, 3.05) is 25.7 Å². The first-order valence-electron chi connectivity index (χ1n) is 7.11. The molecule has 0 unspecified atom stereocenters. The molecule has 2 aromatic rings. The number of aromatic nitrogens is 1. The molecule has 6 heteroatoms. The molecule has 1 aromatic heterocycles. The maximum absolute atomic E-state index is 12.1. The number of hydrogen-bond acceptors (Lipinski definition) is 5. The van der Waals surface area contributed by atoms with Crippen molar-refractivity contribution in [3.8, 4) is 17.0 Å². The number of ether oxygens (including phenoxy) is 1. The normalized spacial score (nSPS) is 13.8. The van der Waals surface area contributed by atoms with Gasteiger partial charge in [-0.05, 0) is 18.4 Å². The van der Waals surface area contributed by atoms with Gasteiger partial charge in [0.05, 0.1) is 19.4 Å². The van der Waals surface area contributed by atoms with Crippen LogP contribution in [0.2, 0.25) is 0 Å². The summed E-state index contributed by atoms with van der Waals surface area (Å²) in [5.41, 5.74) is 2.76. The smallest absolute Gasteiger partial charge is 0.232 e. The average molecular weight is 318 g/mol. The van der Waals surface area contributed by atoms with E-state index in [9.17, 15) is 4.79 Å². The van der Waals surface area contributed by atoms with E-state index in [1.165, 1.54) is 0 Å². The third-order valence-corrected chi connectivity index (χ3v) is 4.33. The van der Waals surface area contributed by atoms with Crippen LogP contribution >= 0.6 is 11.8 Å². The lowest BCUT2D eigenvalue weighted by atomic mass is 10.0. The van der Waals surface area contributed by atoms with Crippen LogP contribution < -0.4 is 4.74 Å². The highest BCUT2D eigenvalue weighted by Crippen LogP contribution is 2.31. The summed E-state index contributed by atoms with van der Waals surface area (Å²) < 4.78 is 10.7. The Kier molecular flexibility index (Phi) is 4.38. The highest BCUT2D eigenvalue weighted by atomic mass is 32.2. The van der Waals surface area contributed by atoms with Crippen molar-refractivity contribution in [1.29, 1.82) is 0 Å². The Morgan fingerprint density at radius 2 is 2.36 bits per heavy atom. The summed E-state index contributed by atoms with van der Waals surface area (Å²) in [7, 11) is 1.64. The number of fused-ring (bicyclic) bond motifs is 1. The average Bonchev–Trinajstić information content (AvgIpc) is 2.98. The lowest BCUT2D eigenvalue weighted by Gasteiger charge is -2.26. The van der Waals surface area contributed by atoms with E-state index in [0.717, 1.165) is 28.3 Å². The van der Waals surface area contributed by atoms with Gasteiger partial charge in [-0.2, -0.15) is 11.8 Å². The molecule has 116 valence electrons. The van der Waals surface area contributed by atoms with Gasteiger partial charge in [0.2, 0.25) is 5.91 Å². The summed E-state index contributed by atoms with van der Waals surface area (Å²) in [6.07, 6.45) is 2.65. The Bertz CT molecular complexity index is 684. The lowest BCUT2D eigenvalue weighted by Crippen LogP contribution is -2.36. The predicted molar refractivity (Wildman–Crippen MR) is 86.0 cm³/mol. The summed E-state index contributed by atoms with van der Waals surface area (Å²) >= 11 is 1.55. The van der Waals surface area contributed by atoms with Gasteiger partial charge in [0, 0.05) is 24.1 Å². The van der Waals surface area contributed by atoms with Crippen molar-refractivity contribution >= 4 is 17.7 Å². The fraction of sp³-hybridized carbons (Fsp3) is 0.375. The first-order chi connectivity index (χ1) is 10.7. The molecular weight excluding hydrogens is 300 g/mol. The Morgan fingerprint density at radius 1 is 1.50 bits per heavy atom. The predicted octanol–water partition coefficient (Wildman–Crippen LogP) is 2.60. The van der Waals surface area contributed by atoms with Crippen molar-refractivity contribution in [3.63, 3.8) is 0 Å². The molecule has 0 fully saturated rings. The van der Waals surface area contributed by atoms with Crippen LogP contribution in [0, 0.1) is 0 Å². The van der Waals surface area contributed by atoms with Crippen LogP contribution in [0.4, 0.5) is 0 Å². The molecule has 0 atom stereocenters. The third kappa shape index (κ3) is 2.83. The van der Waals surface area contributed by atoms with Gasteiger partial charge in [0.25, 0.3) is 0 Å². The first kappa shape index (κ1) is 15.0. The van der Waals surface area contributed by atoms with E-state index >= 15 is 0 Å². The van der Waals surface area contributed by atoms with Crippen molar-refractivity contribution in [1.82, 2.24) is 10.1 Å². The molecule has 5 nitrogen and oxygen atoms in total. The van der Waals surface area contributed by atoms with E-state index < -0.39 is 0 Å². The number of rotatable bonds is 4. The van der Waals surface area contributed by atoms with Gasteiger partial charge in [-0.15, -0.1) is 0 Å². The Hall–Kier alpha value is -1.95. The zero-order valence-corrected chi connectivity index (χ0v) is 13.5. The van der Waals surface area contributed by atoms with Gasteiger partial charge in [0.15, 0.2) is 0 Å². The highest BCUT2D eigenvalue weighted by Gasteiger charge is 2.27. The second-order valence-electron chi connectivity index (χ2n) is 5.16. The second kappa shape index (κ2) is 6.44. The molecule has 0 saturated heterocycles. The molecule has 1 aliphatic heterocycles. The van der Waals surface area contributed by atoms with E-state index in [1.54, 1.807) is 18.9 Å². The van der Waals surface area contributed by atoms with Gasteiger partial charge < -0.3 is 14.2 Å². The summed E-state index contributed by atoms with van der Waals surface area (Å²) in [5, 5.41) is 4.21. The Balaban J connectivity index is 1.90. The van der Waals surface area contributed by atoms with Crippen LogP contribution in [0.5, 0.6) is 5.75 Å². The van der Waals surface area contributed by atoms with Crippen molar-refractivity contribution in [3.05, 3.63) is 35.6 Å². The van der Waals surface area contributed by atoms with Gasteiger partial charge in [-0.3, -0.25) is 4.79 Å². The fourth-order valence-corrected chi connectivity index (χ4v) is 3.06. The molecule has 1 amide bonds. The second-order valence-corrected chi connectivity index (χ2v) is 6.03. The molecule has 0 radical (unpaired) electrons. The zero-order chi connectivity index (χ0) is 15.5. The number of hydrogen-bond donors (Lipinski definition) is 0. The van der Waals surface area contributed by atoms with Crippen LogP contribution in [-0.2, 0) is 17.8 Å². The number of carbonyl (C=O) groups is 1. The number of amides is 1. The van der Waals surface area contributed by atoms with E-state index in [-0.39, 0.29) is 5.91 Å². The van der Waals surface area contributed by atoms with Gasteiger partial charge in [-0.1, -0.05) is 17.3 Å². The Morgan fingerprint density at radius 3 is 3.14 bits per heavy atom. The molecule has 3 rings (SSSR count). The maximum Gasteiger partial charge on any atom is 0.232 e. The van der Waals surface area contributed by atoms with Gasteiger partial charge in [-0.25, -0.2) is 0 Å². The van der Waals surface area contributed by atoms with E-state index in [4.69, 9.17) is 9.26 Å². The summed E-state index contributed by atoms with van der Waals surface area (Å²) in [6.45, 7) is 1.25. The first-order valence-corrected chi connectivity index (χ1v) is 8.51. The molecule has 2 heterocycles. The van der Waals surface area contributed by atoms with Gasteiger partial charge >= 0.3 is 0 Å². The molecule has 0 N–H and O–H groups in total. The van der Waals surface area contributed by atoms with Crippen LogP contribution in [0.3, 0.4) is 0 Å². The molecular formula is C16H18N2O3S. The van der Waals surface area contributed by atoms with Crippen molar-refractivity contribution in [2.45, 2.75) is 13.0 Å². The molecule has 1 aliphatic rings. The molecule has 22 heavy (non-hydrogen) atoms. The number of methoxy groups -OCH3 is 1. The van der Waals surface area contributed by atoms with Crippen LogP contribution in [0.1, 0.15) is 11.3 Å². The molecule has 0 bridgehead atoms. The minimum atomic E-state index is 0.163. The quantitative estimate of drug-likeness (QED) is 0.867. The van der Waals surface area contributed by atoms with Crippen LogP contribution in [-0.4, -0.2) is 41.6 Å². The highest BCUT2D eigenvalue weighted by molar-refractivity contribution is 7.99. The summed E-state index contributed by atoms with van der Waals surface area (Å²) in [5.74, 6) is 2.33. The number of benzene rings is 1. The lowest BCUT2D eigenvalue weighted by molar-refractivity contribution is -0.129. The van der Waals surface area contributed by atoms with E-state index in [0.29, 0.717) is 25.3 Å². The van der Waals surface area contributed by atoms with Crippen LogP contribution in [0.25, 0.3) is 11.3 Å². The maximum atomic E-state index is 12.1.